The molecular formula is C21H21N5O2. The summed E-state index contributed by atoms with van der Waals surface area (Å²) in [6.07, 6.45) is -0.556. The summed E-state index contributed by atoms with van der Waals surface area (Å²) in [5.41, 5.74) is 3.38. The van der Waals surface area contributed by atoms with Crippen LogP contribution in [0.1, 0.15) is 23.0 Å². The summed E-state index contributed by atoms with van der Waals surface area (Å²) in [4.78, 5) is 21.9. The van der Waals surface area contributed by atoms with Gasteiger partial charge in [0.05, 0.1) is 7.11 Å². The highest BCUT2D eigenvalue weighted by Gasteiger charge is 2.25. The monoisotopic (exact) mass is 375 g/mol. The Morgan fingerprint density at radius 3 is 2.64 bits per heavy atom. The van der Waals surface area contributed by atoms with Crippen LogP contribution in [0.3, 0.4) is 0 Å². The summed E-state index contributed by atoms with van der Waals surface area (Å²) >= 11 is 0. The van der Waals surface area contributed by atoms with Gasteiger partial charge in [-0.2, -0.15) is 0 Å². The molecule has 142 valence electrons. The number of guanidine groups is 1. The van der Waals surface area contributed by atoms with Gasteiger partial charge >= 0.3 is 0 Å². The second-order valence-electron chi connectivity index (χ2n) is 6.67. The Hall–Kier alpha value is -3.61. The summed E-state index contributed by atoms with van der Waals surface area (Å²) in [5, 5.41) is 6.40. The van der Waals surface area contributed by atoms with E-state index in [1.807, 2.05) is 55.5 Å². The number of anilines is 2. The Balaban J connectivity index is 1.79. The predicted octanol–water partition coefficient (Wildman–Crippen LogP) is 3.31. The van der Waals surface area contributed by atoms with Crippen molar-refractivity contribution in [2.45, 2.75) is 20.0 Å². The molecule has 1 aliphatic heterocycles. The molecule has 28 heavy (non-hydrogen) atoms. The standard InChI is InChI=1S/C21H21N5O2/c1-13-7-9-16(10-8-13)23-20-24-19(15-5-4-6-17(12-15)28-3)26-18(27)11-14(2)22-21(26)25-20/h4-12,19H,1-3H3,(H2,22,23,24,25)/t19-/m1/s1. The molecule has 0 amide bonds. The fraction of sp³-hybridized carbons (Fsp3) is 0.190. The number of benzene rings is 2. The maximum atomic E-state index is 12.7. The second-order valence-corrected chi connectivity index (χ2v) is 6.67. The highest BCUT2D eigenvalue weighted by Crippen LogP contribution is 2.28. The molecule has 4 rings (SSSR count). The number of aromatic nitrogens is 2. The first-order valence-corrected chi connectivity index (χ1v) is 8.96. The molecule has 2 heterocycles. The zero-order valence-electron chi connectivity index (χ0n) is 15.9. The van der Waals surface area contributed by atoms with Crippen LogP contribution in [0.5, 0.6) is 5.75 Å². The van der Waals surface area contributed by atoms with Crippen LogP contribution in [0.4, 0.5) is 11.6 Å². The van der Waals surface area contributed by atoms with E-state index in [-0.39, 0.29) is 5.56 Å². The molecule has 2 aromatic carbocycles. The van der Waals surface area contributed by atoms with Gasteiger partial charge in [-0.1, -0.05) is 29.8 Å². The van der Waals surface area contributed by atoms with Crippen LogP contribution in [0, 0.1) is 13.8 Å². The van der Waals surface area contributed by atoms with E-state index in [0.29, 0.717) is 23.4 Å². The van der Waals surface area contributed by atoms with Gasteiger partial charge in [-0.25, -0.2) is 9.98 Å². The lowest BCUT2D eigenvalue weighted by Crippen LogP contribution is -2.37. The van der Waals surface area contributed by atoms with Gasteiger partial charge in [0.1, 0.15) is 5.75 Å². The number of rotatable bonds is 3. The third-order valence-electron chi connectivity index (χ3n) is 4.51. The average Bonchev–Trinajstić information content (AvgIpc) is 2.69. The predicted molar refractivity (Wildman–Crippen MR) is 110 cm³/mol. The molecule has 0 fully saturated rings. The topological polar surface area (TPSA) is 80.5 Å². The van der Waals surface area contributed by atoms with Crippen LogP contribution >= 0.6 is 0 Å². The number of hydrogen-bond acceptors (Lipinski definition) is 6. The van der Waals surface area contributed by atoms with Gasteiger partial charge in [0, 0.05) is 23.0 Å². The number of nitrogens with one attached hydrogen (secondary N) is 2. The van der Waals surface area contributed by atoms with Gasteiger partial charge in [0.15, 0.2) is 6.17 Å². The summed E-state index contributed by atoms with van der Waals surface area (Å²) < 4.78 is 6.88. The molecule has 0 saturated carbocycles. The van der Waals surface area contributed by atoms with Crippen LogP contribution in [-0.4, -0.2) is 22.6 Å². The molecule has 0 radical (unpaired) electrons. The van der Waals surface area contributed by atoms with Crippen molar-refractivity contribution in [2.75, 3.05) is 17.7 Å². The van der Waals surface area contributed by atoms with Gasteiger partial charge in [0.25, 0.3) is 5.56 Å². The van der Waals surface area contributed by atoms with Crippen molar-refractivity contribution in [1.29, 1.82) is 0 Å². The van der Waals surface area contributed by atoms with E-state index in [4.69, 9.17) is 9.73 Å². The first-order valence-electron chi connectivity index (χ1n) is 8.96. The molecule has 0 spiro atoms. The van der Waals surface area contributed by atoms with E-state index < -0.39 is 6.17 Å². The Morgan fingerprint density at radius 2 is 1.89 bits per heavy atom. The van der Waals surface area contributed by atoms with Crippen molar-refractivity contribution in [2.24, 2.45) is 4.99 Å². The Morgan fingerprint density at radius 1 is 1.11 bits per heavy atom. The molecule has 0 aliphatic carbocycles. The number of hydrogen-bond donors (Lipinski definition) is 2. The minimum absolute atomic E-state index is 0.166. The number of nitrogens with zero attached hydrogens (tertiary/aromatic N) is 3. The van der Waals surface area contributed by atoms with E-state index in [1.54, 1.807) is 18.6 Å². The highest BCUT2D eigenvalue weighted by atomic mass is 16.5. The summed E-state index contributed by atoms with van der Waals surface area (Å²) in [7, 11) is 1.61. The first kappa shape index (κ1) is 17.8. The molecule has 1 atom stereocenters. The minimum atomic E-state index is -0.556. The van der Waals surface area contributed by atoms with Gasteiger partial charge in [-0.15, -0.1) is 0 Å². The number of ether oxygens (including phenoxy) is 1. The smallest absolute Gasteiger partial charge is 0.257 e. The molecule has 1 aliphatic rings. The van der Waals surface area contributed by atoms with Crippen molar-refractivity contribution in [1.82, 2.24) is 9.55 Å². The van der Waals surface area contributed by atoms with E-state index in [1.165, 1.54) is 11.6 Å². The number of aliphatic imine (C=N–C) groups is 1. The van der Waals surface area contributed by atoms with Crippen molar-refractivity contribution in [3.8, 4) is 5.75 Å². The molecule has 2 N–H and O–H groups in total. The lowest BCUT2D eigenvalue weighted by Gasteiger charge is -2.27. The molecule has 7 nitrogen and oxygen atoms in total. The molecular weight excluding hydrogens is 354 g/mol. The SMILES string of the molecule is COc1cccc([C@@H]2N=C(Nc3ccc(C)cc3)Nc3nc(C)cc(=O)n32)c1. The lowest BCUT2D eigenvalue weighted by atomic mass is 10.1. The molecule has 0 saturated heterocycles. The van der Waals surface area contributed by atoms with Crippen molar-refractivity contribution in [3.05, 3.63) is 81.8 Å². The van der Waals surface area contributed by atoms with E-state index in [2.05, 4.69) is 15.6 Å². The Bertz CT molecular complexity index is 1100. The fourth-order valence-corrected chi connectivity index (χ4v) is 3.11. The van der Waals surface area contributed by atoms with Gasteiger partial charge in [-0.3, -0.25) is 14.7 Å². The summed E-state index contributed by atoms with van der Waals surface area (Å²) in [6.45, 7) is 3.83. The maximum absolute atomic E-state index is 12.7. The van der Waals surface area contributed by atoms with Crippen LogP contribution in [0.2, 0.25) is 0 Å². The largest absolute Gasteiger partial charge is 0.497 e. The fourth-order valence-electron chi connectivity index (χ4n) is 3.11. The first-order chi connectivity index (χ1) is 13.5. The summed E-state index contributed by atoms with van der Waals surface area (Å²) in [5.74, 6) is 1.67. The quantitative estimate of drug-likeness (QED) is 0.734. The zero-order valence-corrected chi connectivity index (χ0v) is 15.9. The normalized spacial score (nSPS) is 15.2. The third kappa shape index (κ3) is 3.46. The van der Waals surface area contributed by atoms with Crippen molar-refractivity contribution >= 4 is 17.6 Å². The third-order valence-corrected chi connectivity index (χ3v) is 4.51. The Labute approximate surface area is 162 Å². The van der Waals surface area contributed by atoms with Gasteiger partial charge in [-0.05, 0) is 38.1 Å². The average molecular weight is 375 g/mol. The Kier molecular flexibility index (Phi) is 4.57. The number of aryl methyl sites for hydroxylation is 2. The number of methoxy groups -OCH3 is 1. The molecule has 1 aromatic heterocycles. The molecule has 7 heteroatoms. The molecule has 3 aromatic rings. The van der Waals surface area contributed by atoms with Crippen LogP contribution in [0.15, 0.2) is 64.4 Å². The van der Waals surface area contributed by atoms with E-state index in [9.17, 15) is 4.79 Å². The van der Waals surface area contributed by atoms with Crippen molar-refractivity contribution < 1.29 is 4.74 Å². The number of fused-ring (bicyclic) bond motifs is 1. The molecule has 0 unspecified atom stereocenters. The lowest BCUT2D eigenvalue weighted by molar-refractivity contribution is 0.413. The van der Waals surface area contributed by atoms with Crippen LogP contribution < -0.4 is 20.9 Å². The van der Waals surface area contributed by atoms with Gasteiger partial charge in [0.2, 0.25) is 11.9 Å². The summed E-state index contributed by atoms with van der Waals surface area (Å²) in [6, 6.07) is 17.0. The highest BCUT2D eigenvalue weighted by molar-refractivity contribution is 6.03. The van der Waals surface area contributed by atoms with Crippen LogP contribution in [0.25, 0.3) is 0 Å². The van der Waals surface area contributed by atoms with E-state index >= 15 is 0 Å². The maximum Gasteiger partial charge on any atom is 0.257 e. The van der Waals surface area contributed by atoms with E-state index in [0.717, 1.165) is 11.3 Å². The minimum Gasteiger partial charge on any atom is -0.497 e. The van der Waals surface area contributed by atoms with Gasteiger partial charge < -0.3 is 10.1 Å². The molecule has 0 bridgehead atoms. The van der Waals surface area contributed by atoms with Crippen molar-refractivity contribution in [3.63, 3.8) is 0 Å². The van der Waals surface area contributed by atoms with Crippen LogP contribution in [-0.2, 0) is 0 Å². The second kappa shape index (κ2) is 7.19. The zero-order chi connectivity index (χ0) is 19.7.